The van der Waals surface area contributed by atoms with Gasteiger partial charge in [-0.1, -0.05) is 41.9 Å². The van der Waals surface area contributed by atoms with E-state index in [0.29, 0.717) is 6.04 Å². The van der Waals surface area contributed by atoms with Gasteiger partial charge in [-0.15, -0.1) is 0 Å². The van der Waals surface area contributed by atoms with Gasteiger partial charge in [0.15, 0.2) is 0 Å². The topological polar surface area (TPSA) is 3.24 Å². The summed E-state index contributed by atoms with van der Waals surface area (Å²) < 4.78 is 13.8. The minimum atomic E-state index is -0.332. The van der Waals surface area contributed by atoms with E-state index in [1.807, 2.05) is 6.07 Å². The molecule has 0 N–H and O–H groups in total. The number of halogens is 2. The Morgan fingerprint density at radius 1 is 1.05 bits per heavy atom. The fourth-order valence-electron chi connectivity index (χ4n) is 3.38. The van der Waals surface area contributed by atoms with Gasteiger partial charge in [0, 0.05) is 12.0 Å². The smallest absolute Gasteiger partial charge is 0.142 e. The normalized spacial score (nSPS) is 21.4. The zero-order valence-electron chi connectivity index (χ0n) is 12.3. The van der Waals surface area contributed by atoms with E-state index in [-0.39, 0.29) is 16.8 Å². The van der Waals surface area contributed by atoms with Gasteiger partial charge in [-0.3, -0.25) is 0 Å². The molecule has 0 heterocycles. The summed E-state index contributed by atoms with van der Waals surface area (Å²) in [5.41, 5.74) is 3.68. The molecule has 1 nitrogen and oxygen atoms in total. The average molecular weight is 304 g/mol. The highest BCUT2D eigenvalue weighted by Crippen LogP contribution is 2.43. The summed E-state index contributed by atoms with van der Waals surface area (Å²) in [6, 6.07) is 14.1. The third-order valence-corrected chi connectivity index (χ3v) is 4.74. The molecular formula is C18H19ClFN. The second kappa shape index (κ2) is 5.78. The quantitative estimate of drug-likeness (QED) is 0.754. The van der Waals surface area contributed by atoms with Gasteiger partial charge in [0.2, 0.25) is 0 Å². The van der Waals surface area contributed by atoms with E-state index >= 15 is 0 Å². The second-order valence-electron chi connectivity index (χ2n) is 5.91. The molecule has 0 aromatic heterocycles. The van der Waals surface area contributed by atoms with Crippen molar-refractivity contribution in [1.29, 1.82) is 0 Å². The molecule has 2 aromatic rings. The first kappa shape index (κ1) is 14.6. The van der Waals surface area contributed by atoms with Gasteiger partial charge in [0.1, 0.15) is 5.82 Å². The van der Waals surface area contributed by atoms with Crippen LogP contribution in [0.2, 0.25) is 5.02 Å². The summed E-state index contributed by atoms with van der Waals surface area (Å²) in [4.78, 5) is 2.26. The molecule has 2 atom stereocenters. The van der Waals surface area contributed by atoms with E-state index < -0.39 is 0 Å². The number of rotatable bonds is 2. The van der Waals surface area contributed by atoms with Crippen LogP contribution in [0.3, 0.4) is 0 Å². The summed E-state index contributed by atoms with van der Waals surface area (Å²) in [5.74, 6) is -0.0782. The van der Waals surface area contributed by atoms with E-state index in [2.05, 4.69) is 43.3 Å². The number of benzene rings is 2. The number of hydrogen-bond acceptors (Lipinski definition) is 1. The highest BCUT2D eigenvalue weighted by atomic mass is 35.5. The van der Waals surface area contributed by atoms with E-state index in [0.717, 1.165) is 18.4 Å². The molecule has 3 heteroatoms. The molecule has 1 aliphatic rings. The van der Waals surface area contributed by atoms with Gasteiger partial charge in [-0.05, 0) is 55.8 Å². The fraction of sp³-hybridized carbons (Fsp3) is 0.333. The Labute approximate surface area is 130 Å². The summed E-state index contributed by atoms with van der Waals surface area (Å²) >= 11 is 5.80. The third-order valence-electron chi connectivity index (χ3n) is 4.43. The second-order valence-corrected chi connectivity index (χ2v) is 6.32. The van der Waals surface area contributed by atoms with Crippen LogP contribution in [0, 0.1) is 5.82 Å². The lowest BCUT2D eigenvalue weighted by molar-refractivity contribution is 0.262. The zero-order chi connectivity index (χ0) is 15.0. The molecule has 0 spiro atoms. The molecule has 110 valence electrons. The van der Waals surface area contributed by atoms with Crippen molar-refractivity contribution in [2.24, 2.45) is 0 Å². The van der Waals surface area contributed by atoms with Crippen LogP contribution in [0.4, 0.5) is 4.39 Å². The Morgan fingerprint density at radius 2 is 1.76 bits per heavy atom. The van der Waals surface area contributed by atoms with Crippen LogP contribution in [0.25, 0.3) is 0 Å². The third kappa shape index (κ3) is 2.70. The van der Waals surface area contributed by atoms with Crippen molar-refractivity contribution in [2.45, 2.75) is 24.8 Å². The van der Waals surface area contributed by atoms with Crippen molar-refractivity contribution in [1.82, 2.24) is 4.90 Å². The van der Waals surface area contributed by atoms with Gasteiger partial charge in [0.05, 0.1) is 5.02 Å². The van der Waals surface area contributed by atoms with Crippen molar-refractivity contribution in [3.8, 4) is 0 Å². The molecule has 2 aromatic carbocycles. The van der Waals surface area contributed by atoms with Gasteiger partial charge >= 0.3 is 0 Å². The van der Waals surface area contributed by atoms with E-state index in [1.165, 1.54) is 11.1 Å². The predicted octanol–water partition coefficient (Wildman–Crippen LogP) is 5.01. The highest BCUT2D eigenvalue weighted by molar-refractivity contribution is 6.30. The Hall–Kier alpha value is -1.38. The van der Waals surface area contributed by atoms with E-state index in [9.17, 15) is 4.39 Å². The van der Waals surface area contributed by atoms with Crippen LogP contribution in [0.1, 0.15) is 41.5 Å². The molecule has 0 unspecified atom stereocenters. The van der Waals surface area contributed by atoms with Gasteiger partial charge in [-0.2, -0.15) is 0 Å². The van der Waals surface area contributed by atoms with Crippen molar-refractivity contribution >= 4 is 11.6 Å². The summed E-state index contributed by atoms with van der Waals surface area (Å²) in [6.07, 6.45) is 2.11. The Bertz CT molecular complexity index is 653. The lowest BCUT2D eigenvalue weighted by Gasteiger charge is -2.35. The van der Waals surface area contributed by atoms with Crippen molar-refractivity contribution in [2.75, 3.05) is 14.1 Å². The van der Waals surface area contributed by atoms with Gasteiger partial charge < -0.3 is 4.90 Å². The van der Waals surface area contributed by atoms with Crippen molar-refractivity contribution in [3.63, 3.8) is 0 Å². The van der Waals surface area contributed by atoms with Gasteiger partial charge in [-0.25, -0.2) is 4.39 Å². The zero-order valence-corrected chi connectivity index (χ0v) is 13.1. The fourth-order valence-corrected chi connectivity index (χ4v) is 3.50. The minimum Gasteiger partial charge on any atom is -0.302 e. The first-order valence-corrected chi connectivity index (χ1v) is 7.66. The van der Waals surface area contributed by atoms with Crippen molar-refractivity contribution < 1.29 is 4.39 Å². The van der Waals surface area contributed by atoms with Gasteiger partial charge in [0.25, 0.3) is 0 Å². The predicted molar refractivity (Wildman–Crippen MR) is 85.4 cm³/mol. The first-order chi connectivity index (χ1) is 10.1. The molecule has 1 aliphatic carbocycles. The Kier molecular flexibility index (Phi) is 4.01. The molecule has 0 fully saturated rings. The molecule has 0 amide bonds. The summed E-state index contributed by atoms with van der Waals surface area (Å²) in [6.45, 7) is 0. The molecule has 0 bridgehead atoms. The van der Waals surface area contributed by atoms with Crippen LogP contribution in [0.5, 0.6) is 0 Å². The summed E-state index contributed by atoms with van der Waals surface area (Å²) in [5, 5.41) is 0.189. The Morgan fingerprint density at radius 3 is 2.43 bits per heavy atom. The maximum absolute atomic E-state index is 13.8. The minimum absolute atomic E-state index is 0.189. The summed E-state index contributed by atoms with van der Waals surface area (Å²) in [7, 11) is 4.23. The van der Waals surface area contributed by atoms with Crippen molar-refractivity contribution in [3.05, 3.63) is 70.0 Å². The first-order valence-electron chi connectivity index (χ1n) is 7.28. The largest absolute Gasteiger partial charge is 0.302 e. The number of nitrogens with zero attached hydrogens (tertiary/aromatic N) is 1. The van der Waals surface area contributed by atoms with Crippen LogP contribution < -0.4 is 0 Å². The highest BCUT2D eigenvalue weighted by Gasteiger charge is 2.29. The molecular weight excluding hydrogens is 285 g/mol. The SMILES string of the molecule is CN(C)[C@H]1CC[C@@H](c2ccc(Cl)c(F)c2)c2ccccc21. The molecule has 0 saturated heterocycles. The standard InChI is InChI=1S/C18H19ClFN/c1-21(2)18-10-8-13(14-5-3-4-6-15(14)18)12-7-9-16(19)17(20)11-12/h3-7,9,11,13,18H,8,10H2,1-2H3/t13-,18-/m0/s1. The number of hydrogen-bond donors (Lipinski definition) is 0. The Balaban J connectivity index is 2.05. The van der Waals surface area contributed by atoms with E-state index in [4.69, 9.17) is 11.6 Å². The maximum Gasteiger partial charge on any atom is 0.142 e. The van der Waals surface area contributed by atoms with Crippen LogP contribution >= 0.6 is 11.6 Å². The molecule has 0 saturated carbocycles. The molecule has 0 radical (unpaired) electrons. The molecule has 21 heavy (non-hydrogen) atoms. The molecule has 3 rings (SSSR count). The molecule has 0 aliphatic heterocycles. The average Bonchev–Trinajstić information content (AvgIpc) is 2.49. The monoisotopic (exact) mass is 303 g/mol. The van der Waals surface area contributed by atoms with E-state index in [1.54, 1.807) is 12.1 Å². The lowest BCUT2D eigenvalue weighted by Crippen LogP contribution is -2.26. The van der Waals surface area contributed by atoms with Crippen LogP contribution in [-0.2, 0) is 0 Å². The lowest BCUT2D eigenvalue weighted by atomic mass is 9.76. The maximum atomic E-state index is 13.8. The van der Waals surface area contributed by atoms with Crippen LogP contribution in [0.15, 0.2) is 42.5 Å². The van der Waals surface area contributed by atoms with Crippen LogP contribution in [-0.4, -0.2) is 19.0 Å². The number of fused-ring (bicyclic) bond motifs is 1.